The van der Waals surface area contributed by atoms with Crippen molar-refractivity contribution in [3.63, 3.8) is 0 Å². The van der Waals surface area contributed by atoms with Crippen molar-refractivity contribution >= 4 is 40.0 Å². The van der Waals surface area contributed by atoms with Crippen molar-refractivity contribution in [3.8, 4) is 0 Å². The largest absolute Gasteiger partial charge is 0.368 e. The quantitative estimate of drug-likeness (QED) is 0.596. The topological polar surface area (TPSA) is 110 Å². The number of nitrogens with one attached hydrogen (secondary N) is 2. The highest BCUT2D eigenvalue weighted by Gasteiger charge is 2.08. The molecule has 106 valence electrons. The standard InChI is InChI=1S/C10H17N5O2S2/c1-6(2)3-13-9-14-15-10(19-9)18-5-8(17)12-4-7(11)16/h6H,3-5H2,1-2H3,(H2,11,16)(H,12,17)(H,13,14). The minimum absolute atomic E-state index is 0.142. The zero-order chi connectivity index (χ0) is 14.3. The van der Waals surface area contributed by atoms with Crippen molar-refractivity contribution in [2.24, 2.45) is 11.7 Å². The number of primary amides is 1. The smallest absolute Gasteiger partial charge is 0.236 e. The van der Waals surface area contributed by atoms with Crippen molar-refractivity contribution in [3.05, 3.63) is 0 Å². The summed E-state index contributed by atoms with van der Waals surface area (Å²) in [6, 6.07) is 0. The molecule has 0 atom stereocenters. The van der Waals surface area contributed by atoms with E-state index in [4.69, 9.17) is 5.73 Å². The van der Waals surface area contributed by atoms with Crippen molar-refractivity contribution < 1.29 is 9.59 Å². The maximum absolute atomic E-state index is 11.3. The van der Waals surface area contributed by atoms with E-state index in [1.165, 1.54) is 23.1 Å². The number of anilines is 1. The second-order valence-corrected chi connectivity index (χ2v) is 6.38. The average Bonchev–Trinajstić information content (AvgIpc) is 2.79. The summed E-state index contributed by atoms with van der Waals surface area (Å²) in [5.74, 6) is -0.101. The molecule has 9 heteroatoms. The Morgan fingerprint density at radius 1 is 1.42 bits per heavy atom. The van der Waals surface area contributed by atoms with Crippen molar-refractivity contribution in [1.29, 1.82) is 0 Å². The van der Waals surface area contributed by atoms with Gasteiger partial charge >= 0.3 is 0 Å². The molecule has 0 spiro atoms. The monoisotopic (exact) mass is 303 g/mol. The molecule has 0 bridgehead atoms. The zero-order valence-corrected chi connectivity index (χ0v) is 12.4. The summed E-state index contributed by atoms with van der Waals surface area (Å²) in [4.78, 5) is 21.8. The molecule has 7 nitrogen and oxygen atoms in total. The van der Waals surface area contributed by atoms with E-state index in [9.17, 15) is 9.59 Å². The molecule has 1 aromatic heterocycles. The van der Waals surface area contributed by atoms with Gasteiger partial charge in [-0.2, -0.15) is 0 Å². The highest BCUT2D eigenvalue weighted by atomic mass is 32.2. The fourth-order valence-corrected chi connectivity index (χ4v) is 2.58. The summed E-state index contributed by atoms with van der Waals surface area (Å²) >= 11 is 2.68. The molecule has 0 aliphatic heterocycles. The summed E-state index contributed by atoms with van der Waals surface area (Å²) in [6.07, 6.45) is 0. The lowest BCUT2D eigenvalue weighted by Crippen LogP contribution is -2.34. The molecule has 0 aromatic carbocycles. The summed E-state index contributed by atoms with van der Waals surface area (Å²) in [6.45, 7) is 4.90. The molecule has 0 aliphatic rings. The van der Waals surface area contributed by atoms with E-state index in [1.54, 1.807) is 0 Å². The fraction of sp³-hybridized carbons (Fsp3) is 0.600. The number of rotatable bonds is 8. The molecule has 0 aliphatic carbocycles. The van der Waals surface area contributed by atoms with Crippen LogP contribution in [0.5, 0.6) is 0 Å². The normalized spacial score (nSPS) is 10.5. The van der Waals surface area contributed by atoms with Gasteiger partial charge in [0, 0.05) is 6.54 Å². The molecule has 0 saturated heterocycles. The van der Waals surface area contributed by atoms with Gasteiger partial charge < -0.3 is 16.4 Å². The number of nitrogens with two attached hydrogens (primary N) is 1. The lowest BCUT2D eigenvalue weighted by molar-refractivity contribution is -0.123. The van der Waals surface area contributed by atoms with Gasteiger partial charge in [0.2, 0.25) is 16.9 Å². The van der Waals surface area contributed by atoms with Crippen LogP contribution in [0, 0.1) is 5.92 Å². The molecule has 0 unspecified atom stereocenters. The first-order chi connectivity index (χ1) is 8.97. The lowest BCUT2D eigenvalue weighted by Gasteiger charge is -2.03. The Morgan fingerprint density at radius 2 is 2.16 bits per heavy atom. The number of carbonyl (C=O) groups is 2. The number of amides is 2. The number of carbonyl (C=O) groups excluding carboxylic acids is 2. The first kappa shape index (κ1) is 15.7. The molecule has 4 N–H and O–H groups in total. The Morgan fingerprint density at radius 3 is 2.79 bits per heavy atom. The van der Waals surface area contributed by atoms with Gasteiger partial charge in [-0.1, -0.05) is 36.9 Å². The van der Waals surface area contributed by atoms with Crippen molar-refractivity contribution in [2.75, 3.05) is 24.2 Å². The van der Waals surface area contributed by atoms with Crippen molar-refractivity contribution in [2.45, 2.75) is 18.2 Å². The summed E-state index contributed by atoms with van der Waals surface area (Å²) in [5, 5.41) is 14.2. The predicted octanol–water partition coefficient (Wildman–Crippen LogP) is 0.300. The van der Waals surface area contributed by atoms with Crippen LogP contribution in [0.1, 0.15) is 13.8 Å². The first-order valence-corrected chi connectivity index (χ1v) is 7.52. The van der Waals surface area contributed by atoms with Crippen LogP contribution < -0.4 is 16.4 Å². The Labute approximate surface area is 119 Å². The van der Waals surface area contributed by atoms with Gasteiger partial charge in [0.15, 0.2) is 4.34 Å². The van der Waals surface area contributed by atoms with Crippen LogP contribution in [0.4, 0.5) is 5.13 Å². The number of nitrogens with zero attached hydrogens (tertiary/aromatic N) is 2. The summed E-state index contributed by atoms with van der Waals surface area (Å²) in [7, 11) is 0. The van der Waals surface area contributed by atoms with Gasteiger partial charge in [-0.15, -0.1) is 10.2 Å². The van der Waals surface area contributed by atoms with Crippen LogP contribution >= 0.6 is 23.1 Å². The third-order valence-electron chi connectivity index (χ3n) is 1.85. The molecular weight excluding hydrogens is 286 g/mol. The van der Waals surface area contributed by atoms with E-state index in [2.05, 4.69) is 34.7 Å². The molecular formula is C10H17N5O2S2. The molecule has 1 rings (SSSR count). The molecule has 1 heterocycles. The SMILES string of the molecule is CC(C)CNc1nnc(SCC(=O)NCC(N)=O)s1. The van der Waals surface area contributed by atoms with Gasteiger partial charge in [0.25, 0.3) is 0 Å². The summed E-state index contributed by atoms with van der Waals surface area (Å²) < 4.78 is 0.709. The highest BCUT2D eigenvalue weighted by molar-refractivity contribution is 8.01. The lowest BCUT2D eigenvalue weighted by atomic mass is 10.2. The first-order valence-electron chi connectivity index (χ1n) is 5.72. The molecule has 19 heavy (non-hydrogen) atoms. The maximum atomic E-state index is 11.3. The maximum Gasteiger partial charge on any atom is 0.236 e. The highest BCUT2D eigenvalue weighted by Crippen LogP contribution is 2.25. The van der Waals surface area contributed by atoms with Gasteiger partial charge in [-0.25, -0.2) is 0 Å². The van der Waals surface area contributed by atoms with E-state index in [0.29, 0.717) is 10.3 Å². The van der Waals surface area contributed by atoms with Gasteiger partial charge in [0.05, 0.1) is 12.3 Å². The van der Waals surface area contributed by atoms with Crippen LogP contribution in [0.2, 0.25) is 0 Å². The predicted molar refractivity (Wildman–Crippen MR) is 76.2 cm³/mol. The van der Waals surface area contributed by atoms with E-state index >= 15 is 0 Å². The van der Waals surface area contributed by atoms with Crippen LogP contribution in [0.15, 0.2) is 4.34 Å². The van der Waals surface area contributed by atoms with Crippen LogP contribution in [0.25, 0.3) is 0 Å². The van der Waals surface area contributed by atoms with Crippen LogP contribution in [-0.4, -0.2) is 40.9 Å². The summed E-state index contributed by atoms with van der Waals surface area (Å²) in [5.41, 5.74) is 4.92. The third kappa shape index (κ3) is 6.97. The molecule has 0 fully saturated rings. The second kappa shape index (κ2) is 7.95. The fourth-order valence-electron chi connectivity index (χ4n) is 0.995. The van der Waals surface area contributed by atoms with Crippen LogP contribution in [0.3, 0.4) is 0 Å². The van der Waals surface area contributed by atoms with E-state index < -0.39 is 5.91 Å². The van der Waals surface area contributed by atoms with E-state index in [1.807, 2.05) is 0 Å². The number of hydrogen-bond donors (Lipinski definition) is 3. The van der Waals surface area contributed by atoms with Gasteiger partial charge in [-0.05, 0) is 5.92 Å². The Hall–Kier alpha value is -1.35. The Balaban J connectivity index is 2.29. The van der Waals surface area contributed by atoms with Crippen LogP contribution in [-0.2, 0) is 9.59 Å². The minimum Gasteiger partial charge on any atom is -0.368 e. The molecule has 0 saturated carbocycles. The average molecular weight is 303 g/mol. The zero-order valence-electron chi connectivity index (χ0n) is 10.8. The molecule has 0 radical (unpaired) electrons. The number of hydrogen-bond acceptors (Lipinski definition) is 7. The second-order valence-electron chi connectivity index (χ2n) is 4.18. The van der Waals surface area contributed by atoms with Crippen molar-refractivity contribution in [1.82, 2.24) is 15.5 Å². The third-order valence-corrected chi connectivity index (χ3v) is 3.87. The molecule has 1 aromatic rings. The Kier molecular flexibility index (Phi) is 6.57. The Bertz CT molecular complexity index is 435. The van der Waals surface area contributed by atoms with E-state index in [0.717, 1.165) is 11.7 Å². The molecule has 2 amide bonds. The van der Waals surface area contributed by atoms with E-state index in [-0.39, 0.29) is 18.2 Å². The minimum atomic E-state index is -0.561. The van der Waals surface area contributed by atoms with Gasteiger partial charge in [0.1, 0.15) is 0 Å². The number of aromatic nitrogens is 2. The van der Waals surface area contributed by atoms with Gasteiger partial charge in [-0.3, -0.25) is 9.59 Å². The number of thioether (sulfide) groups is 1.